The minimum absolute atomic E-state index is 0.241. The highest BCUT2D eigenvalue weighted by molar-refractivity contribution is 5.77. The summed E-state index contributed by atoms with van der Waals surface area (Å²) in [5.41, 5.74) is 7.59. The van der Waals surface area contributed by atoms with Gasteiger partial charge in [0.25, 0.3) is 0 Å². The van der Waals surface area contributed by atoms with E-state index in [0.717, 1.165) is 11.1 Å². The van der Waals surface area contributed by atoms with Crippen LogP contribution < -0.4 is 5.73 Å². The largest absolute Gasteiger partial charge is 0.459 e. The van der Waals surface area contributed by atoms with Gasteiger partial charge in [-0.1, -0.05) is 35.9 Å². The van der Waals surface area contributed by atoms with E-state index >= 15 is 0 Å². The third-order valence-corrected chi connectivity index (χ3v) is 2.75. The lowest BCUT2D eigenvalue weighted by Crippen LogP contribution is -2.41. The predicted molar refractivity (Wildman–Crippen MR) is 77.9 cm³/mol. The average molecular weight is 261 g/mol. The predicted octanol–water partition coefficient (Wildman–Crippen LogP) is 2.93. The van der Waals surface area contributed by atoms with Gasteiger partial charge in [-0.15, -0.1) is 6.58 Å². The van der Waals surface area contributed by atoms with Crippen molar-refractivity contribution >= 4 is 5.97 Å². The molecular formula is C16H23NO2. The van der Waals surface area contributed by atoms with Crippen LogP contribution in [0.25, 0.3) is 0 Å². The van der Waals surface area contributed by atoms with Crippen LogP contribution in [0, 0.1) is 6.92 Å². The molecule has 0 amide bonds. The first-order chi connectivity index (χ1) is 8.74. The maximum atomic E-state index is 12.0. The summed E-state index contributed by atoms with van der Waals surface area (Å²) >= 11 is 0. The van der Waals surface area contributed by atoms with Gasteiger partial charge in [-0.25, -0.2) is 0 Å². The van der Waals surface area contributed by atoms with Crippen LogP contribution in [0.2, 0.25) is 0 Å². The van der Waals surface area contributed by atoms with Crippen LogP contribution in [-0.2, 0) is 9.53 Å². The summed E-state index contributed by atoms with van der Waals surface area (Å²) < 4.78 is 5.32. The van der Waals surface area contributed by atoms with Crippen molar-refractivity contribution in [2.45, 2.75) is 45.3 Å². The van der Waals surface area contributed by atoms with E-state index in [1.807, 2.05) is 52.0 Å². The Morgan fingerprint density at radius 1 is 1.42 bits per heavy atom. The monoisotopic (exact) mass is 261 g/mol. The van der Waals surface area contributed by atoms with Crippen molar-refractivity contribution in [3.05, 3.63) is 48.0 Å². The minimum atomic E-state index is -0.737. The molecule has 0 saturated heterocycles. The van der Waals surface area contributed by atoms with Gasteiger partial charge in [0.2, 0.25) is 0 Å². The summed E-state index contributed by atoms with van der Waals surface area (Å²) in [6.45, 7) is 11.3. The number of carbonyl (C=O) groups is 1. The van der Waals surface area contributed by atoms with Crippen molar-refractivity contribution < 1.29 is 9.53 Å². The van der Waals surface area contributed by atoms with E-state index in [-0.39, 0.29) is 5.92 Å². The summed E-state index contributed by atoms with van der Waals surface area (Å²) in [5.74, 6) is -0.645. The number of nitrogens with two attached hydrogens (primary N) is 1. The molecular weight excluding hydrogens is 238 g/mol. The molecule has 104 valence electrons. The van der Waals surface area contributed by atoms with Crippen LogP contribution in [0.4, 0.5) is 0 Å². The van der Waals surface area contributed by atoms with Crippen LogP contribution in [0.15, 0.2) is 36.9 Å². The van der Waals surface area contributed by atoms with E-state index in [0.29, 0.717) is 0 Å². The van der Waals surface area contributed by atoms with Crippen molar-refractivity contribution in [2.24, 2.45) is 5.73 Å². The molecule has 2 atom stereocenters. The quantitative estimate of drug-likeness (QED) is 0.669. The maximum Gasteiger partial charge on any atom is 0.324 e. The fourth-order valence-electron chi connectivity index (χ4n) is 1.88. The Bertz CT molecular complexity index is 460. The minimum Gasteiger partial charge on any atom is -0.459 e. The first kappa shape index (κ1) is 15.4. The molecule has 1 aromatic rings. The number of ether oxygens (including phenoxy) is 1. The summed E-state index contributed by atoms with van der Waals surface area (Å²) in [5, 5.41) is 0. The van der Waals surface area contributed by atoms with Crippen molar-refractivity contribution in [2.75, 3.05) is 0 Å². The van der Waals surface area contributed by atoms with Crippen LogP contribution in [0.1, 0.15) is 37.8 Å². The van der Waals surface area contributed by atoms with Gasteiger partial charge >= 0.3 is 5.97 Å². The molecule has 19 heavy (non-hydrogen) atoms. The topological polar surface area (TPSA) is 52.3 Å². The molecule has 0 heterocycles. The van der Waals surface area contributed by atoms with Gasteiger partial charge in [-0.2, -0.15) is 0 Å². The maximum absolute atomic E-state index is 12.0. The first-order valence-corrected chi connectivity index (χ1v) is 6.42. The van der Waals surface area contributed by atoms with Crippen LogP contribution in [-0.4, -0.2) is 17.6 Å². The lowest BCUT2D eigenvalue weighted by atomic mass is 9.91. The number of benzene rings is 1. The highest BCUT2D eigenvalue weighted by Gasteiger charge is 2.28. The Hall–Kier alpha value is -1.61. The van der Waals surface area contributed by atoms with Gasteiger partial charge in [-0.3, -0.25) is 4.79 Å². The lowest BCUT2D eigenvalue weighted by Gasteiger charge is -2.25. The number of carbonyl (C=O) groups excluding carboxylic acids is 1. The SMILES string of the molecule is C=C[C@H](c1cccc(C)c1)[C@H](N)C(=O)OC(C)(C)C. The van der Waals surface area contributed by atoms with Gasteiger partial charge in [-0.05, 0) is 33.3 Å². The second kappa shape index (κ2) is 6.02. The smallest absolute Gasteiger partial charge is 0.324 e. The van der Waals surface area contributed by atoms with Crippen LogP contribution in [0.3, 0.4) is 0 Å². The van der Waals surface area contributed by atoms with Crippen LogP contribution in [0.5, 0.6) is 0 Å². The highest BCUT2D eigenvalue weighted by atomic mass is 16.6. The number of hydrogen-bond donors (Lipinski definition) is 1. The molecule has 0 unspecified atom stereocenters. The molecule has 0 bridgehead atoms. The fraction of sp³-hybridized carbons (Fsp3) is 0.438. The number of hydrogen-bond acceptors (Lipinski definition) is 3. The summed E-state index contributed by atoms with van der Waals surface area (Å²) in [4.78, 5) is 12.0. The molecule has 0 saturated carbocycles. The number of rotatable bonds is 4. The Morgan fingerprint density at radius 2 is 2.05 bits per heavy atom. The zero-order chi connectivity index (χ0) is 14.6. The van der Waals surface area contributed by atoms with Gasteiger partial charge < -0.3 is 10.5 Å². The third-order valence-electron chi connectivity index (χ3n) is 2.75. The molecule has 1 aromatic carbocycles. The number of esters is 1. The number of aryl methyl sites for hydroxylation is 1. The van der Waals surface area contributed by atoms with Gasteiger partial charge in [0, 0.05) is 5.92 Å². The van der Waals surface area contributed by atoms with Crippen molar-refractivity contribution in [1.82, 2.24) is 0 Å². The van der Waals surface area contributed by atoms with Crippen molar-refractivity contribution in [3.63, 3.8) is 0 Å². The Kier molecular flexibility index (Phi) is 4.90. The molecule has 1 rings (SSSR count). The highest BCUT2D eigenvalue weighted by Crippen LogP contribution is 2.23. The summed E-state index contributed by atoms with van der Waals surface area (Å²) in [6, 6.07) is 7.17. The Labute approximate surface area is 115 Å². The van der Waals surface area contributed by atoms with Crippen LogP contribution >= 0.6 is 0 Å². The Morgan fingerprint density at radius 3 is 2.53 bits per heavy atom. The molecule has 0 aliphatic rings. The van der Waals surface area contributed by atoms with E-state index in [9.17, 15) is 4.79 Å². The first-order valence-electron chi connectivity index (χ1n) is 6.42. The zero-order valence-electron chi connectivity index (χ0n) is 12.1. The Balaban J connectivity index is 2.91. The molecule has 2 N–H and O–H groups in total. The van der Waals surface area contributed by atoms with E-state index in [1.54, 1.807) is 6.08 Å². The second-order valence-electron chi connectivity index (χ2n) is 5.73. The molecule has 3 nitrogen and oxygen atoms in total. The summed E-state index contributed by atoms with van der Waals surface area (Å²) in [7, 11) is 0. The van der Waals surface area contributed by atoms with Gasteiger partial charge in [0.1, 0.15) is 11.6 Å². The molecule has 3 heteroatoms. The standard InChI is InChI=1S/C16H23NO2/c1-6-13(12-9-7-8-11(2)10-12)14(17)15(18)19-16(3,4)5/h6-10,13-14H,1,17H2,2-5H3/t13-,14+/m1/s1. The van der Waals surface area contributed by atoms with E-state index in [2.05, 4.69) is 6.58 Å². The fourth-order valence-corrected chi connectivity index (χ4v) is 1.88. The van der Waals surface area contributed by atoms with E-state index in [4.69, 9.17) is 10.5 Å². The molecule has 0 radical (unpaired) electrons. The molecule has 0 aliphatic carbocycles. The van der Waals surface area contributed by atoms with Gasteiger partial charge in [0.15, 0.2) is 0 Å². The normalized spacial score (nSPS) is 14.6. The zero-order valence-corrected chi connectivity index (χ0v) is 12.1. The summed E-state index contributed by atoms with van der Waals surface area (Å²) in [6.07, 6.45) is 1.70. The lowest BCUT2D eigenvalue weighted by molar-refractivity contribution is -0.156. The second-order valence-corrected chi connectivity index (χ2v) is 5.73. The van der Waals surface area contributed by atoms with E-state index < -0.39 is 17.6 Å². The average Bonchev–Trinajstić information content (AvgIpc) is 2.27. The molecule has 0 aromatic heterocycles. The van der Waals surface area contributed by atoms with E-state index in [1.165, 1.54) is 0 Å². The molecule has 0 aliphatic heterocycles. The third kappa shape index (κ3) is 4.52. The van der Waals surface area contributed by atoms with Gasteiger partial charge in [0.05, 0.1) is 0 Å². The molecule has 0 spiro atoms. The van der Waals surface area contributed by atoms with Crippen molar-refractivity contribution in [3.8, 4) is 0 Å². The molecule has 0 fully saturated rings. The van der Waals surface area contributed by atoms with Crippen molar-refractivity contribution in [1.29, 1.82) is 0 Å².